The minimum Gasteiger partial charge on any atom is -0.272 e. The zero-order valence-corrected chi connectivity index (χ0v) is 9.82. The van der Waals surface area contributed by atoms with Gasteiger partial charge in [-0.25, -0.2) is 0 Å². The van der Waals surface area contributed by atoms with Crippen LogP contribution in [-0.4, -0.2) is 17.8 Å². The summed E-state index contributed by atoms with van der Waals surface area (Å²) in [4.78, 5) is 11.8. The molecule has 0 aliphatic carbocycles. The number of aryl methyl sites for hydroxylation is 1. The van der Waals surface area contributed by atoms with Gasteiger partial charge in [-0.1, -0.05) is 18.2 Å². The molecule has 1 aliphatic rings. The first-order valence-electron chi connectivity index (χ1n) is 5.37. The van der Waals surface area contributed by atoms with E-state index in [4.69, 9.17) is 0 Å². The number of amides is 1. The third-order valence-electron chi connectivity index (χ3n) is 2.83. The predicted molar refractivity (Wildman–Crippen MR) is 61.3 cm³/mol. The smallest absolute Gasteiger partial charge is 0.272 e. The van der Waals surface area contributed by atoms with Crippen LogP contribution in [0, 0.1) is 12.8 Å². The highest BCUT2D eigenvalue weighted by Crippen LogP contribution is 2.32. The second-order valence-electron chi connectivity index (χ2n) is 4.14. The molecule has 0 fully saturated rings. The Balaban J connectivity index is 2.45. The SMILES string of the molecule is Cc1ccccc1N1N=C(C(F)(F)F)C(C)C1=O. The Labute approximate surface area is 102 Å². The molecule has 96 valence electrons. The Hall–Kier alpha value is -1.85. The lowest BCUT2D eigenvalue weighted by Crippen LogP contribution is -2.31. The highest BCUT2D eigenvalue weighted by Gasteiger charge is 2.48. The molecule has 0 bridgehead atoms. The maximum absolute atomic E-state index is 12.7. The van der Waals surface area contributed by atoms with Crippen LogP contribution in [-0.2, 0) is 4.79 Å². The van der Waals surface area contributed by atoms with Crippen molar-refractivity contribution in [2.75, 3.05) is 5.01 Å². The van der Waals surface area contributed by atoms with Crippen molar-refractivity contribution >= 4 is 17.3 Å². The summed E-state index contributed by atoms with van der Waals surface area (Å²) in [6.07, 6.45) is -4.58. The van der Waals surface area contributed by atoms with E-state index >= 15 is 0 Å². The molecule has 0 saturated heterocycles. The van der Waals surface area contributed by atoms with E-state index < -0.39 is 23.7 Å². The first kappa shape index (κ1) is 12.6. The van der Waals surface area contributed by atoms with Gasteiger partial charge in [0.1, 0.15) is 0 Å². The third kappa shape index (κ3) is 1.98. The Bertz CT molecular complexity index is 522. The summed E-state index contributed by atoms with van der Waals surface area (Å²) in [5.74, 6) is -1.92. The van der Waals surface area contributed by atoms with Crippen LogP contribution in [0.1, 0.15) is 12.5 Å². The molecule has 1 atom stereocenters. The molecule has 1 aliphatic heterocycles. The van der Waals surface area contributed by atoms with Crippen molar-refractivity contribution in [1.29, 1.82) is 0 Å². The van der Waals surface area contributed by atoms with Gasteiger partial charge in [0.15, 0.2) is 5.71 Å². The highest BCUT2D eigenvalue weighted by atomic mass is 19.4. The molecule has 1 aromatic carbocycles. The molecule has 3 nitrogen and oxygen atoms in total. The van der Waals surface area contributed by atoms with Gasteiger partial charge in [0.2, 0.25) is 0 Å². The molecule has 1 unspecified atom stereocenters. The molecule has 0 radical (unpaired) electrons. The van der Waals surface area contributed by atoms with Gasteiger partial charge in [-0.15, -0.1) is 0 Å². The summed E-state index contributed by atoms with van der Waals surface area (Å²) in [6.45, 7) is 2.93. The van der Waals surface area contributed by atoms with E-state index in [0.717, 1.165) is 5.01 Å². The number of benzene rings is 1. The number of hydrogen-bond donors (Lipinski definition) is 0. The third-order valence-corrected chi connectivity index (χ3v) is 2.83. The highest BCUT2D eigenvalue weighted by molar-refractivity contribution is 6.17. The van der Waals surface area contributed by atoms with Crippen LogP contribution in [0.2, 0.25) is 0 Å². The Morgan fingerprint density at radius 3 is 2.39 bits per heavy atom. The summed E-state index contributed by atoms with van der Waals surface area (Å²) in [6, 6.07) is 6.69. The predicted octanol–water partition coefficient (Wildman–Crippen LogP) is 2.90. The van der Waals surface area contributed by atoms with E-state index in [9.17, 15) is 18.0 Å². The van der Waals surface area contributed by atoms with Crippen molar-refractivity contribution in [2.45, 2.75) is 20.0 Å². The molecule has 0 N–H and O–H groups in total. The van der Waals surface area contributed by atoms with Crippen molar-refractivity contribution in [1.82, 2.24) is 0 Å². The van der Waals surface area contributed by atoms with E-state index in [-0.39, 0.29) is 0 Å². The van der Waals surface area contributed by atoms with E-state index in [1.807, 2.05) is 0 Å². The zero-order valence-electron chi connectivity index (χ0n) is 9.82. The van der Waals surface area contributed by atoms with E-state index in [2.05, 4.69) is 5.10 Å². The van der Waals surface area contributed by atoms with Crippen LogP contribution in [0.4, 0.5) is 18.9 Å². The van der Waals surface area contributed by atoms with Gasteiger partial charge in [0.25, 0.3) is 5.91 Å². The molecular formula is C12H11F3N2O. The molecule has 18 heavy (non-hydrogen) atoms. The fourth-order valence-corrected chi connectivity index (χ4v) is 1.82. The molecule has 1 amide bonds. The van der Waals surface area contributed by atoms with Crippen molar-refractivity contribution < 1.29 is 18.0 Å². The van der Waals surface area contributed by atoms with Gasteiger partial charge in [-0.05, 0) is 25.5 Å². The lowest BCUT2D eigenvalue weighted by atomic mass is 10.1. The lowest BCUT2D eigenvalue weighted by Gasteiger charge is -2.14. The summed E-state index contributed by atoms with van der Waals surface area (Å²) in [5.41, 5.74) is 0.0366. The van der Waals surface area contributed by atoms with Gasteiger partial charge in [-0.2, -0.15) is 23.3 Å². The van der Waals surface area contributed by atoms with Crippen LogP contribution in [0.25, 0.3) is 0 Å². The Kier molecular flexibility index (Phi) is 2.88. The summed E-state index contributed by atoms with van der Waals surface area (Å²) in [5, 5.41) is 4.26. The second kappa shape index (κ2) is 4.12. The number of para-hydroxylation sites is 1. The van der Waals surface area contributed by atoms with Gasteiger partial charge in [0, 0.05) is 0 Å². The topological polar surface area (TPSA) is 32.7 Å². The number of halogens is 3. The Morgan fingerprint density at radius 1 is 1.28 bits per heavy atom. The number of carbonyl (C=O) groups is 1. The van der Waals surface area contributed by atoms with Crippen molar-refractivity contribution in [3.63, 3.8) is 0 Å². The van der Waals surface area contributed by atoms with Crippen molar-refractivity contribution in [3.05, 3.63) is 29.8 Å². The monoisotopic (exact) mass is 256 g/mol. The number of nitrogens with zero attached hydrogens (tertiary/aromatic N) is 2. The van der Waals surface area contributed by atoms with Gasteiger partial charge in [0.05, 0.1) is 11.6 Å². The van der Waals surface area contributed by atoms with Crippen molar-refractivity contribution in [2.24, 2.45) is 11.0 Å². The number of hydrazone groups is 1. The van der Waals surface area contributed by atoms with E-state index in [0.29, 0.717) is 11.3 Å². The number of rotatable bonds is 1. The van der Waals surface area contributed by atoms with Gasteiger partial charge >= 0.3 is 6.18 Å². The molecule has 0 saturated carbocycles. The number of hydrogen-bond acceptors (Lipinski definition) is 2. The molecular weight excluding hydrogens is 245 g/mol. The molecule has 1 aromatic rings. The molecule has 6 heteroatoms. The largest absolute Gasteiger partial charge is 0.432 e. The summed E-state index contributed by atoms with van der Waals surface area (Å²) < 4.78 is 38.0. The second-order valence-corrected chi connectivity index (χ2v) is 4.14. The fraction of sp³-hybridized carbons (Fsp3) is 0.333. The molecule has 2 rings (SSSR count). The van der Waals surface area contributed by atoms with E-state index in [1.165, 1.54) is 6.92 Å². The molecule has 0 aromatic heterocycles. The van der Waals surface area contributed by atoms with Crippen LogP contribution in [0.3, 0.4) is 0 Å². The molecule has 1 heterocycles. The lowest BCUT2D eigenvalue weighted by molar-refractivity contribution is -0.120. The minimum absolute atomic E-state index is 0.383. The van der Waals surface area contributed by atoms with E-state index in [1.54, 1.807) is 31.2 Å². The zero-order chi connectivity index (χ0) is 13.5. The van der Waals surface area contributed by atoms with Gasteiger partial charge < -0.3 is 0 Å². The summed E-state index contributed by atoms with van der Waals surface area (Å²) in [7, 11) is 0. The number of alkyl halides is 3. The molecule has 0 spiro atoms. The van der Waals surface area contributed by atoms with Crippen molar-refractivity contribution in [3.8, 4) is 0 Å². The number of carbonyl (C=O) groups excluding carboxylic acids is 1. The average molecular weight is 256 g/mol. The maximum Gasteiger partial charge on any atom is 0.432 e. The number of anilines is 1. The van der Waals surface area contributed by atoms with Crippen LogP contribution in [0.5, 0.6) is 0 Å². The average Bonchev–Trinajstić information content (AvgIpc) is 2.57. The first-order chi connectivity index (χ1) is 8.32. The normalized spacial score (nSPS) is 20.3. The van der Waals surface area contributed by atoms with Crippen LogP contribution >= 0.6 is 0 Å². The summed E-state index contributed by atoms with van der Waals surface area (Å²) >= 11 is 0. The Morgan fingerprint density at radius 2 is 1.89 bits per heavy atom. The standard InChI is InChI=1S/C12H11F3N2O/c1-7-5-3-4-6-9(7)17-11(18)8(2)10(16-17)12(13,14)15/h3-6,8H,1-2H3. The van der Waals surface area contributed by atoms with Crippen LogP contribution in [0.15, 0.2) is 29.4 Å². The van der Waals surface area contributed by atoms with Crippen LogP contribution < -0.4 is 5.01 Å². The minimum atomic E-state index is -4.58. The maximum atomic E-state index is 12.7. The first-order valence-corrected chi connectivity index (χ1v) is 5.37. The van der Waals surface area contributed by atoms with Gasteiger partial charge in [-0.3, -0.25) is 4.79 Å². The fourth-order valence-electron chi connectivity index (χ4n) is 1.82. The quantitative estimate of drug-likeness (QED) is 0.760.